The van der Waals surface area contributed by atoms with Gasteiger partial charge >= 0.3 is 6.18 Å². The molecule has 0 unspecified atom stereocenters. The van der Waals surface area contributed by atoms with E-state index in [1.807, 2.05) is 0 Å². The number of halogens is 4. The summed E-state index contributed by atoms with van der Waals surface area (Å²) in [5.74, 6) is -1.27. The van der Waals surface area contributed by atoms with Gasteiger partial charge in [0.25, 0.3) is 0 Å². The van der Waals surface area contributed by atoms with Gasteiger partial charge in [-0.25, -0.2) is 4.39 Å². The molecule has 0 amide bonds. The van der Waals surface area contributed by atoms with Crippen molar-refractivity contribution in [3.05, 3.63) is 34.6 Å². The highest BCUT2D eigenvalue weighted by Crippen LogP contribution is 2.33. The first-order chi connectivity index (χ1) is 6.86. The van der Waals surface area contributed by atoms with Gasteiger partial charge in [-0.2, -0.15) is 18.4 Å². The molecule has 0 radical (unpaired) electrons. The lowest BCUT2D eigenvalue weighted by Crippen LogP contribution is -2.10. The van der Waals surface area contributed by atoms with Crippen molar-refractivity contribution in [3.8, 4) is 6.07 Å². The molecule has 80 valence electrons. The van der Waals surface area contributed by atoms with E-state index in [0.29, 0.717) is 6.07 Å². The number of nitrogens with zero attached hydrogens (tertiary/aromatic N) is 1. The molecule has 0 aromatic heterocycles. The Kier molecular flexibility index (Phi) is 2.98. The van der Waals surface area contributed by atoms with E-state index in [1.54, 1.807) is 6.07 Å². The van der Waals surface area contributed by atoms with Crippen LogP contribution in [0.4, 0.5) is 17.6 Å². The first kappa shape index (κ1) is 11.5. The second-order valence-corrected chi connectivity index (χ2v) is 3.11. The van der Waals surface area contributed by atoms with E-state index in [4.69, 9.17) is 5.26 Å². The van der Waals surface area contributed by atoms with Crippen molar-refractivity contribution in [1.82, 2.24) is 0 Å². The first-order valence-electron chi connectivity index (χ1n) is 4.09. The van der Waals surface area contributed by atoms with Gasteiger partial charge in [-0.3, -0.25) is 0 Å². The summed E-state index contributed by atoms with van der Waals surface area (Å²) >= 11 is 0. The van der Waals surface area contributed by atoms with Crippen molar-refractivity contribution in [2.45, 2.75) is 19.5 Å². The van der Waals surface area contributed by atoms with E-state index in [2.05, 4.69) is 0 Å². The Morgan fingerprint density at radius 1 is 1.33 bits per heavy atom. The van der Waals surface area contributed by atoms with E-state index in [9.17, 15) is 17.6 Å². The van der Waals surface area contributed by atoms with Gasteiger partial charge in [0, 0.05) is 0 Å². The highest BCUT2D eigenvalue weighted by molar-refractivity contribution is 5.34. The predicted octanol–water partition coefficient (Wildman–Crippen LogP) is 3.22. The summed E-state index contributed by atoms with van der Waals surface area (Å²) in [6.45, 7) is 1.24. The fourth-order valence-corrected chi connectivity index (χ4v) is 1.24. The van der Waals surface area contributed by atoms with Crippen LogP contribution in [0.3, 0.4) is 0 Å². The van der Waals surface area contributed by atoms with E-state index in [1.165, 1.54) is 13.0 Å². The van der Waals surface area contributed by atoms with E-state index < -0.39 is 17.6 Å². The number of alkyl halides is 3. The van der Waals surface area contributed by atoms with Crippen molar-refractivity contribution in [1.29, 1.82) is 5.26 Å². The lowest BCUT2D eigenvalue weighted by atomic mass is 10.0. The second-order valence-electron chi connectivity index (χ2n) is 3.11. The van der Waals surface area contributed by atoms with Gasteiger partial charge in [0.15, 0.2) is 0 Å². The summed E-state index contributed by atoms with van der Waals surface area (Å²) in [6.07, 6.45) is -4.88. The molecule has 0 N–H and O–H groups in total. The molecule has 0 atom stereocenters. The third kappa shape index (κ3) is 2.46. The third-order valence-corrected chi connectivity index (χ3v) is 1.90. The lowest BCUT2D eigenvalue weighted by Gasteiger charge is -2.11. The monoisotopic (exact) mass is 217 g/mol. The average Bonchev–Trinajstić information content (AvgIpc) is 2.09. The van der Waals surface area contributed by atoms with Crippen molar-refractivity contribution in [3.63, 3.8) is 0 Å². The normalized spacial score (nSPS) is 11.2. The van der Waals surface area contributed by atoms with Gasteiger partial charge in [0.1, 0.15) is 5.82 Å². The van der Waals surface area contributed by atoms with Crippen LogP contribution in [0.25, 0.3) is 0 Å². The molecule has 0 saturated carbocycles. The molecule has 1 aromatic carbocycles. The Hall–Kier alpha value is -1.57. The summed E-state index contributed by atoms with van der Waals surface area (Å²) in [5.41, 5.74) is -1.24. The quantitative estimate of drug-likeness (QED) is 0.662. The van der Waals surface area contributed by atoms with Gasteiger partial charge in [-0.1, -0.05) is 6.07 Å². The van der Waals surface area contributed by atoms with Crippen LogP contribution in [-0.4, -0.2) is 0 Å². The zero-order chi connectivity index (χ0) is 11.6. The fraction of sp³-hybridized carbons (Fsp3) is 0.300. The number of hydrogen-bond donors (Lipinski definition) is 0. The molecule has 0 heterocycles. The van der Waals surface area contributed by atoms with Crippen molar-refractivity contribution in [2.75, 3.05) is 0 Å². The Morgan fingerprint density at radius 2 is 1.93 bits per heavy atom. The molecule has 0 spiro atoms. The molecule has 15 heavy (non-hydrogen) atoms. The van der Waals surface area contributed by atoms with Crippen LogP contribution in [0.15, 0.2) is 12.1 Å². The van der Waals surface area contributed by atoms with Gasteiger partial charge in [0.2, 0.25) is 0 Å². The molecular weight excluding hydrogens is 210 g/mol. The minimum atomic E-state index is -4.72. The Balaban J connectivity index is 3.33. The SMILES string of the molecule is Cc1cc(CC#N)cc(C(F)(F)F)c1F. The van der Waals surface area contributed by atoms with Crippen LogP contribution in [0.2, 0.25) is 0 Å². The maximum atomic E-state index is 13.1. The standard InChI is InChI=1S/C10H7F4N/c1-6-4-7(2-3-15)5-8(9(6)11)10(12,13)14/h4-5H,2H2,1H3. The maximum Gasteiger partial charge on any atom is 0.419 e. The third-order valence-electron chi connectivity index (χ3n) is 1.90. The summed E-state index contributed by atoms with van der Waals surface area (Å²) in [7, 11) is 0. The zero-order valence-electron chi connectivity index (χ0n) is 7.82. The molecule has 0 aliphatic carbocycles. The number of rotatable bonds is 1. The van der Waals surface area contributed by atoms with Gasteiger partial charge in [-0.15, -0.1) is 0 Å². The smallest absolute Gasteiger partial charge is 0.206 e. The van der Waals surface area contributed by atoms with E-state index in [-0.39, 0.29) is 17.5 Å². The lowest BCUT2D eigenvalue weighted by molar-refractivity contribution is -0.140. The van der Waals surface area contributed by atoms with Crippen LogP contribution in [0.5, 0.6) is 0 Å². The molecule has 0 saturated heterocycles. The van der Waals surface area contributed by atoms with Crippen molar-refractivity contribution < 1.29 is 17.6 Å². The fourth-order valence-electron chi connectivity index (χ4n) is 1.24. The topological polar surface area (TPSA) is 23.8 Å². The minimum Gasteiger partial charge on any atom is -0.206 e. The van der Waals surface area contributed by atoms with Gasteiger partial charge in [-0.05, 0) is 24.1 Å². The summed E-state index contributed by atoms with van der Waals surface area (Å²) in [6, 6.07) is 3.64. The molecule has 0 aliphatic heterocycles. The van der Waals surface area contributed by atoms with E-state index >= 15 is 0 Å². The number of hydrogen-bond acceptors (Lipinski definition) is 1. The highest BCUT2D eigenvalue weighted by atomic mass is 19.4. The predicted molar refractivity (Wildman–Crippen MR) is 45.5 cm³/mol. The molecule has 1 aromatic rings. The Bertz CT molecular complexity index is 415. The van der Waals surface area contributed by atoms with Crippen molar-refractivity contribution in [2.24, 2.45) is 0 Å². The highest BCUT2D eigenvalue weighted by Gasteiger charge is 2.34. The summed E-state index contributed by atoms with van der Waals surface area (Å²) in [5, 5.41) is 8.35. The molecule has 1 nitrogen and oxygen atoms in total. The Morgan fingerprint density at radius 3 is 2.40 bits per heavy atom. The van der Waals surface area contributed by atoms with Crippen LogP contribution >= 0.6 is 0 Å². The molecule has 0 bridgehead atoms. The zero-order valence-corrected chi connectivity index (χ0v) is 7.82. The minimum absolute atomic E-state index is 0.102. The number of nitriles is 1. The van der Waals surface area contributed by atoms with Gasteiger partial charge < -0.3 is 0 Å². The summed E-state index contributed by atoms with van der Waals surface area (Å²) in [4.78, 5) is 0. The number of aryl methyl sites for hydroxylation is 1. The Labute approximate surface area is 83.9 Å². The van der Waals surface area contributed by atoms with Crippen LogP contribution in [0.1, 0.15) is 16.7 Å². The molecule has 0 fully saturated rings. The number of benzene rings is 1. The largest absolute Gasteiger partial charge is 0.419 e. The second kappa shape index (κ2) is 3.89. The first-order valence-corrected chi connectivity index (χ1v) is 4.09. The van der Waals surface area contributed by atoms with Gasteiger partial charge in [0.05, 0.1) is 18.1 Å². The van der Waals surface area contributed by atoms with E-state index in [0.717, 1.165) is 0 Å². The molecular formula is C10H7F4N. The molecule has 0 aliphatic rings. The molecule has 1 rings (SSSR count). The van der Waals surface area contributed by atoms with Crippen LogP contribution < -0.4 is 0 Å². The van der Waals surface area contributed by atoms with Crippen LogP contribution in [-0.2, 0) is 12.6 Å². The summed E-state index contributed by atoms with van der Waals surface area (Å²) < 4.78 is 50.1. The van der Waals surface area contributed by atoms with Crippen LogP contribution in [0, 0.1) is 24.1 Å². The average molecular weight is 217 g/mol. The maximum absolute atomic E-state index is 13.1. The molecule has 5 heteroatoms. The van der Waals surface area contributed by atoms with Crippen molar-refractivity contribution >= 4 is 0 Å².